The molecule has 0 fully saturated rings. The van der Waals surface area contributed by atoms with Crippen molar-refractivity contribution < 1.29 is 9.53 Å². The van der Waals surface area contributed by atoms with Gasteiger partial charge in [-0.3, -0.25) is 4.79 Å². The second-order valence-corrected chi connectivity index (χ2v) is 5.75. The first kappa shape index (κ1) is 15.9. The van der Waals surface area contributed by atoms with E-state index < -0.39 is 0 Å². The fourth-order valence-corrected chi connectivity index (χ4v) is 1.84. The van der Waals surface area contributed by atoms with E-state index >= 15 is 0 Å². The normalized spacial score (nSPS) is 13.6. The Kier molecular flexibility index (Phi) is 8.02. The van der Waals surface area contributed by atoms with Crippen molar-refractivity contribution in [2.45, 2.75) is 46.1 Å². The second-order valence-electron chi connectivity index (χ2n) is 4.96. The minimum absolute atomic E-state index is 0.0250. The number of rotatable bonds is 7. The van der Waals surface area contributed by atoms with Crippen LogP contribution in [-0.2, 0) is 9.53 Å². The summed E-state index contributed by atoms with van der Waals surface area (Å²) in [6, 6.07) is 0. The van der Waals surface area contributed by atoms with Crippen LogP contribution in [0.1, 0.15) is 40.5 Å². The van der Waals surface area contributed by atoms with Crippen LogP contribution in [0.3, 0.4) is 0 Å². The Morgan fingerprint density at radius 1 is 1.44 bits per heavy atom. The highest BCUT2D eigenvalue weighted by atomic mass is 79.9. The van der Waals surface area contributed by atoms with E-state index in [4.69, 9.17) is 4.74 Å². The Hall–Kier alpha value is -0.0900. The molecule has 96 valence electrons. The van der Waals surface area contributed by atoms with Crippen molar-refractivity contribution in [3.8, 4) is 0 Å². The summed E-state index contributed by atoms with van der Waals surface area (Å²) in [5.74, 6) is 0.529. The first-order chi connectivity index (χ1) is 7.39. The van der Waals surface area contributed by atoms with Crippen LogP contribution in [0.5, 0.6) is 0 Å². The van der Waals surface area contributed by atoms with Crippen molar-refractivity contribution in [3.05, 3.63) is 0 Å². The van der Waals surface area contributed by atoms with Crippen LogP contribution in [0.25, 0.3) is 0 Å². The largest absolute Gasteiger partial charge is 0.366 e. The van der Waals surface area contributed by atoms with Crippen molar-refractivity contribution in [2.75, 3.05) is 18.5 Å². The molecule has 0 heterocycles. The molecule has 1 atom stereocenters. The van der Waals surface area contributed by atoms with Crippen LogP contribution >= 0.6 is 15.9 Å². The van der Waals surface area contributed by atoms with Crippen LogP contribution in [0, 0.1) is 5.92 Å². The van der Waals surface area contributed by atoms with Crippen molar-refractivity contribution in [2.24, 2.45) is 5.92 Å². The number of amides is 1. The number of hydrogen-bond acceptors (Lipinski definition) is 2. The summed E-state index contributed by atoms with van der Waals surface area (Å²) in [4.78, 5) is 11.5. The van der Waals surface area contributed by atoms with E-state index in [1.807, 2.05) is 20.8 Å². The van der Waals surface area contributed by atoms with E-state index in [9.17, 15) is 4.79 Å². The number of carbonyl (C=O) groups excluding carboxylic acids is 1. The van der Waals surface area contributed by atoms with Crippen molar-refractivity contribution in [1.29, 1.82) is 0 Å². The number of nitrogens with one attached hydrogen (secondary N) is 1. The molecule has 0 aromatic carbocycles. The molecule has 0 aromatic heterocycles. The third-order valence-corrected chi connectivity index (χ3v) is 2.78. The van der Waals surface area contributed by atoms with Crippen LogP contribution in [0.4, 0.5) is 0 Å². The van der Waals surface area contributed by atoms with E-state index in [0.29, 0.717) is 5.92 Å². The number of halogens is 1. The minimum Gasteiger partial charge on any atom is -0.366 e. The second kappa shape index (κ2) is 8.07. The summed E-state index contributed by atoms with van der Waals surface area (Å²) < 4.78 is 5.40. The first-order valence-electron chi connectivity index (χ1n) is 5.85. The minimum atomic E-state index is -0.253. The molecular weight excluding hydrogens is 270 g/mol. The highest BCUT2D eigenvalue weighted by molar-refractivity contribution is 9.09. The molecule has 4 heteroatoms. The fraction of sp³-hybridized carbons (Fsp3) is 0.917. The summed E-state index contributed by atoms with van der Waals surface area (Å²) in [5, 5.41) is 3.89. The molecule has 1 N–H and O–H groups in total. The van der Waals surface area contributed by atoms with Crippen LogP contribution in [0.15, 0.2) is 0 Å². The SMILES string of the molecule is CCC(CCBr)CNC(=O)COC(C)(C)C. The Balaban J connectivity index is 3.71. The van der Waals surface area contributed by atoms with Gasteiger partial charge in [0.05, 0.1) is 5.60 Å². The maximum Gasteiger partial charge on any atom is 0.246 e. The highest BCUT2D eigenvalue weighted by Gasteiger charge is 2.13. The van der Waals surface area contributed by atoms with E-state index in [2.05, 4.69) is 28.2 Å². The number of alkyl halides is 1. The summed E-state index contributed by atoms with van der Waals surface area (Å²) in [5.41, 5.74) is -0.253. The molecule has 0 saturated heterocycles. The van der Waals surface area contributed by atoms with Gasteiger partial charge >= 0.3 is 0 Å². The zero-order valence-electron chi connectivity index (χ0n) is 10.8. The average Bonchev–Trinajstić information content (AvgIpc) is 2.20. The Morgan fingerprint density at radius 3 is 2.50 bits per heavy atom. The molecule has 0 spiro atoms. The lowest BCUT2D eigenvalue weighted by Crippen LogP contribution is -2.35. The van der Waals surface area contributed by atoms with Gasteiger partial charge in [-0.05, 0) is 33.1 Å². The molecule has 0 aliphatic rings. The Bertz CT molecular complexity index is 202. The maximum atomic E-state index is 11.5. The van der Waals surface area contributed by atoms with Crippen molar-refractivity contribution >= 4 is 21.8 Å². The number of hydrogen-bond donors (Lipinski definition) is 1. The Morgan fingerprint density at radius 2 is 2.06 bits per heavy atom. The van der Waals surface area contributed by atoms with Gasteiger partial charge in [-0.1, -0.05) is 29.3 Å². The fourth-order valence-electron chi connectivity index (χ4n) is 1.20. The molecule has 0 aliphatic carbocycles. The summed E-state index contributed by atoms with van der Waals surface area (Å²) in [7, 11) is 0. The number of carbonyl (C=O) groups is 1. The van der Waals surface area contributed by atoms with Crippen LogP contribution < -0.4 is 5.32 Å². The van der Waals surface area contributed by atoms with Crippen molar-refractivity contribution in [1.82, 2.24) is 5.32 Å². The molecule has 16 heavy (non-hydrogen) atoms. The molecule has 3 nitrogen and oxygen atoms in total. The zero-order valence-corrected chi connectivity index (χ0v) is 12.4. The molecule has 0 saturated carbocycles. The monoisotopic (exact) mass is 293 g/mol. The standard InChI is InChI=1S/C12H24BrNO2/c1-5-10(6-7-13)8-14-11(15)9-16-12(2,3)4/h10H,5-9H2,1-4H3,(H,14,15). The van der Waals surface area contributed by atoms with E-state index in [0.717, 1.165) is 24.7 Å². The smallest absolute Gasteiger partial charge is 0.246 e. The van der Waals surface area contributed by atoms with Gasteiger partial charge in [0, 0.05) is 11.9 Å². The lowest BCUT2D eigenvalue weighted by atomic mass is 10.0. The molecule has 1 unspecified atom stereocenters. The molecule has 0 aliphatic heterocycles. The summed E-state index contributed by atoms with van der Waals surface area (Å²) >= 11 is 3.42. The predicted molar refractivity (Wildman–Crippen MR) is 70.9 cm³/mol. The van der Waals surface area contributed by atoms with E-state index in [1.54, 1.807) is 0 Å². The van der Waals surface area contributed by atoms with Crippen LogP contribution in [0.2, 0.25) is 0 Å². The van der Waals surface area contributed by atoms with E-state index in [-0.39, 0.29) is 18.1 Å². The molecular formula is C12H24BrNO2. The Labute approximate surface area is 107 Å². The third kappa shape index (κ3) is 9.16. The molecule has 0 rings (SSSR count). The number of ether oxygens (including phenoxy) is 1. The lowest BCUT2D eigenvalue weighted by Gasteiger charge is -2.20. The topological polar surface area (TPSA) is 38.3 Å². The van der Waals surface area contributed by atoms with Crippen LogP contribution in [-0.4, -0.2) is 30.0 Å². The van der Waals surface area contributed by atoms with Gasteiger partial charge in [0.1, 0.15) is 6.61 Å². The quantitative estimate of drug-likeness (QED) is 0.733. The lowest BCUT2D eigenvalue weighted by molar-refractivity contribution is -0.130. The predicted octanol–water partition coefficient (Wildman–Crippen LogP) is 2.73. The molecule has 0 radical (unpaired) electrons. The van der Waals surface area contributed by atoms with E-state index in [1.165, 1.54) is 0 Å². The average molecular weight is 294 g/mol. The van der Waals surface area contributed by atoms with Gasteiger partial charge in [-0.25, -0.2) is 0 Å². The maximum absolute atomic E-state index is 11.5. The third-order valence-electron chi connectivity index (χ3n) is 2.32. The van der Waals surface area contributed by atoms with Gasteiger partial charge in [-0.15, -0.1) is 0 Å². The van der Waals surface area contributed by atoms with Crippen molar-refractivity contribution in [3.63, 3.8) is 0 Å². The summed E-state index contributed by atoms with van der Waals surface area (Å²) in [6.07, 6.45) is 2.18. The van der Waals surface area contributed by atoms with Gasteiger partial charge in [0.25, 0.3) is 0 Å². The van der Waals surface area contributed by atoms with Gasteiger partial charge in [0.15, 0.2) is 0 Å². The summed E-state index contributed by atoms with van der Waals surface area (Å²) in [6.45, 7) is 8.87. The zero-order chi connectivity index (χ0) is 12.6. The molecule has 0 aromatic rings. The molecule has 1 amide bonds. The first-order valence-corrected chi connectivity index (χ1v) is 6.97. The van der Waals surface area contributed by atoms with Gasteiger partial charge < -0.3 is 10.1 Å². The highest BCUT2D eigenvalue weighted by Crippen LogP contribution is 2.09. The molecule has 0 bridgehead atoms. The van der Waals surface area contributed by atoms with Gasteiger partial charge in [-0.2, -0.15) is 0 Å². The van der Waals surface area contributed by atoms with Gasteiger partial charge in [0.2, 0.25) is 5.91 Å².